The molecular weight excluding hydrogens is 254 g/mol. The van der Waals surface area contributed by atoms with Gasteiger partial charge in [-0.2, -0.15) is 0 Å². The summed E-state index contributed by atoms with van der Waals surface area (Å²) < 4.78 is 0. The number of benzene rings is 1. The van der Waals surface area contributed by atoms with Gasteiger partial charge in [-0.05, 0) is 31.5 Å². The topological polar surface area (TPSA) is 37.8 Å². The van der Waals surface area contributed by atoms with Crippen LogP contribution in [0.4, 0.5) is 0 Å². The summed E-state index contributed by atoms with van der Waals surface area (Å²) in [5, 5.41) is 14.2. The molecule has 19 heavy (non-hydrogen) atoms. The van der Waals surface area contributed by atoms with Gasteiger partial charge in [0.05, 0.1) is 0 Å². The molecular formula is C15H21N3S. The van der Waals surface area contributed by atoms with Gasteiger partial charge in [0.2, 0.25) is 0 Å². The van der Waals surface area contributed by atoms with Crippen molar-refractivity contribution in [2.45, 2.75) is 32.6 Å². The van der Waals surface area contributed by atoms with Crippen LogP contribution in [0.3, 0.4) is 0 Å². The van der Waals surface area contributed by atoms with Crippen LogP contribution in [-0.2, 0) is 12.8 Å². The highest BCUT2D eigenvalue weighted by atomic mass is 32.1. The first kappa shape index (κ1) is 14.2. The predicted octanol–water partition coefficient (Wildman–Crippen LogP) is 3.06. The minimum Gasteiger partial charge on any atom is -0.317 e. The fourth-order valence-electron chi connectivity index (χ4n) is 1.90. The average Bonchev–Trinajstić information content (AvgIpc) is 2.87. The van der Waals surface area contributed by atoms with Gasteiger partial charge < -0.3 is 5.32 Å². The summed E-state index contributed by atoms with van der Waals surface area (Å²) in [7, 11) is 0. The molecule has 0 aliphatic heterocycles. The van der Waals surface area contributed by atoms with Gasteiger partial charge >= 0.3 is 0 Å². The Kier molecular flexibility index (Phi) is 5.98. The highest BCUT2D eigenvalue weighted by Crippen LogP contribution is 2.15. The van der Waals surface area contributed by atoms with Gasteiger partial charge in [0.1, 0.15) is 10.0 Å². The smallest absolute Gasteiger partial charge is 0.121 e. The van der Waals surface area contributed by atoms with Crippen LogP contribution in [0, 0.1) is 0 Å². The molecule has 0 aliphatic rings. The lowest BCUT2D eigenvalue weighted by Gasteiger charge is -2.00. The van der Waals surface area contributed by atoms with E-state index in [1.54, 1.807) is 11.3 Å². The molecule has 0 saturated heterocycles. The van der Waals surface area contributed by atoms with Crippen LogP contribution in [0.15, 0.2) is 30.3 Å². The highest BCUT2D eigenvalue weighted by Gasteiger charge is 2.04. The van der Waals surface area contributed by atoms with E-state index in [9.17, 15) is 0 Å². The molecule has 0 radical (unpaired) electrons. The van der Waals surface area contributed by atoms with E-state index in [1.165, 1.54) is 12.0 Å². The molecule has 0 unspecified atom stereocenters. The molecule has 0 amide bonds. The second-order valence-corrected chi connectivity index (χ2v) is 5.75. The van der Waals surface area contributed by atoms with E-state index in [-0.39, 0.29) is 0 Å². The van der Waals surface area contributed by atoms with Crippen molar-refractivity contribution in [3.8, 4) is 0 Å². The van der Waals surface area contributed by atoms with Crippen LogP contribution in [-0.4, -0.2) is 23.3 Å². The Bertz CT molecular complexity index is 467. The van der Waals surface area contributed by atoms with Gasteiger partial charge in [-0.25, -0.2) is 0 Å². The number of nitrogens with one attached hydrogen (secondary N) is 1. The zero-order chi connectivity index (χ0) is 13.3. The van der Waals surface area contributed by atoms with E-state index in [0.29, 0.717) is 0 Å². The van der Waals surface area contributed by atoms with Gasteiger partial charge in [-0.15, -0.1) is 21.5 Å². The molecule has 0 aliphatic carbocycles. The summed E-state index contributed by atoms with van der Waals surface area (Å²) in [4.78, 5) is 0. The predicted molar refractivity (Wildman–Crippen MR) is 80.6 cm³/mol. The number of nitrogens with zero attached hydrogens (tertiary/aromatic N) is 2. The second kappa shape index (κ2) is 8.02. The summed E-state index contributed by atoms with van der Waals surface area (Å²) in [6, 6.07) is 10.4. The first-order valence-corrected chi connectivity index (χ1v) is 7.76. The number of hydrogen-bond donors (Lipinski definition) is 1. The second-order valence-electron chi connectivity index (χ2n) is 4.61. The fourth-order valence-corrected chi connectivity index (χ4v) is 2.82. The van der Waals surface area contributed by atoms with E-state index in [4.69, 9.17) is 0 Å². The standard InChI is InChI=1S/C15H21N3S/c1-2-10-16-11-6-9-14-17-18-15(19-14)12-13-7-4-3-5-8-13/h3-5,7-8,16H,2,6,9-12H2,1H3. The van der Waals surface area contributed by atoms with Crippen molar-refractivity contribution in [3.05, 3.63) is 45.9 Å². The van der Waals surface area contributed by atoms with Crippen LogP contribution < -0.4 is 5.32 Å². The largest absolute Gasteiger partial charge is 0.317 e. The van der Waals surface area contributed by atoms with Gasteiger partial charge in [0.25, 0.3) is 0 Å². The summed E-state index contributed by atoms with van der Waals surface area (Å²) in [6.07, 6.45) is 4.26. The SMILES string of the molecule is CCCNCCCc1nnc(Cc2ccccc2)s1. The number of aryl methyl sites for hydroxylation is 1. The fraction of sp³-hybridized carbons (Fsp3) is 0.467. The van der Waals surface area contributed by atoms with Crippen molar-refractivity contribution in [2.24, 2.45) is 0 Å². The van der Waals surface area contributed by atoms with Gasteiger partial charge in [0, 0.05) is 12.8 Å². The highest BCUT2D eigenvalue weighted by molar-refractivity contribution is 7.11. The maximum atomic E-state index is 4.27. The summed E-state index contributed by atoms with van der Waals surface area (Å²) in [5.41, 5.74) is 1.30. The Morgan fingerprint density at radius 2 is 1.84 bits per heavy atom. The molecule has 0 atom stereocenters. The summed E-state index contributed by atoms with van der Waals surface area (Å²) in [5.74, 6) is 0. The van der Waals surface area contributed by atoms with Crippen molar-refractivity contribution in [2.75, 3.05) is 13.1 Å². The molecule has 0 spiro atoms. The molecule has 102 valence electrons. The number of aromatic nitrogens is 2. The summed E-state index contributed by atoms with van der Waals surface area (Å²) >= 11 is 1.74. The molecule has 2 rings (SSSR count). The Labute approximate surface area is 119 Å². The third kappa shape index (κ3) is 5.09. The van der Waals surface area contributed by atoms with Crippen LogP contribution >= 0.6 is 11.3 Å². The molecule has 1 heterocycles. The molecule has 3 nitrogen and oxygen atoms in total. The Morgan fingerprint density at radius 3 is 2.63 bits per heavy atom. The maximum absolute atomic E-state index is 4.27. The molecule has 0 saturated carbocycles. The normalized spacial score (nSPS) is 10.8. The number of rotatable bonds is 8. The molecule has 1 aromatic heterocycles. The molecule has 0 bridgehead atoms. The third-order valence-electron chi connectivity index (χ3n) is 2.88. The van der Waals surface area contributed by atoms with E-state index >= 15 is 0 Å². The number of hydrogen-bond acceptors (Lipinski definition) is 4. The molecule has 2 aromatic rings. The lowest BCUT2D eigenvalue weighted by molar-refractivity contribution is 0.637. The van der Waals surface area contributed by atoms with Crippen LogP contribution in [0.5, 0.6) is 0 Å². The minimum absolute atomic E-state index is 0.895. The first-order valence-electron chi connectivity index (χ1n) is 6.94. The minimum atomic E-state index is 0.895. The Hall–Kier alpha value is -1.26. The first-order chi connectivity index (χ1) is 9.38. The monoisotopic (exact) mass is 275 g/mol. The quantitative estimate of drug-likeness (QED) is 0.752. The van der Waals surface area contributed by atoms with Crippen LogP contribution in [0.1, 0.15) is 35.3 Å². The Balaban J connectivity index is 1.76. The zero-order valence-electron chi connectivity index (χ0n) is 11.4. The van der Waals surface area contributed by atoms with Crippen LogP contribution in [0.25, 0.3) is 0 Å². The van der Waals surface area contributed by atoms with Gasteiger partial charge in [0.15, 0.2) is 0 Å². The van der Waals surface area contributed by atoms with Crippen LogP contribution in [0.2, 0.25) is 0 Å². The molecule has 4 heteroatoms. The van der Waals surface area contributed by atoms with Crippen molar-refractivity contribution in [3.63, 3.8) is 0 Å². The van der Waals surface area contributed by atoms with E-state index < -0.39 is 0 Å². The van der Waals surface area contributed by atoms with E-state index in [0.717, 1.165) is 42.4 Å². The average molecular weight is 275 g/mol. The van der Waals surface area contributed by atoms with Gasteiger partial charge in [-0.1, -0.05) is 37.3 Å². The lowest BCUT2D eigenvalue weighted by Crippen LogP contribution is -2.16. The van der Waals surface area contributed by atoms with E-state index in [1.807, 2.05) is 6.07 Å². The molecule has 0 fully saturated rings. The van der Waals surface area contributed by atoms with Crippen molar-refractivity contribution in [1.82, 2.24) is 15.5 Å². The van der Waals surface area contributed by atoms with Crippen molar-refractivity contribution >= 4 is 11.3 Å². The Morgan fingerprint density at radius 1 is 1.05 bits per heavy atom. The van der Waals surface area contributed by atoms with Crippen molar-refractivity contribution in [1.29, 1.82) is 0 Å². The van der Waals surface area contributed by atoms with E-state index in [2.05, 4.69) is 46.7 Å². The summed E-state index contributed by atoms with van der Waals surface area (Å²) in [6.45, 7) is 4.37. The third-order valence-corrected chi connectivity index (χ3v) is 3.86. The van der Waals surface area contributed by atoms with Gasteiger partial charge in [-0.3, -0.25) is 0 Å². The zero-order valence-corrected chi connectivity index (χ0v) is 12.2. The van der Waals surface area contributed by atoms with Crippen molar-refractivity contribution < 1.29 is 0 Å². The molecule has 1 N–H and O–H groups in total. The molecule has 1 aromatic carbocycles. The lowest BCUT2D eigenvalue weighted by atomic mass is 10.2. The maximum Gasteiger partial charge on any atom is 0.121 e.